The maximum atomic E-state index is 13.0. The van der Waals surface area contributed by atoms with E-state index in [1.54, 1.807) is 6.07 Å². The molecule has 1 aliphatic rings. The van der Waals surface area contributed by atoms with E-state index < -0.39 is 0 Å². The normalized spacial score (nSPS) is 25.3. The first-order chi connectivity index (χ1) is 8.58. The second kappa shape index (κ2) is 6.03. The van der Waals surface area contributed by atoms with Crippen LogP contribution in [0.25, 0.3) is 0 Å². The van der Waals surface area contributed by atoms with Crippen LogP contribution in [0.4, 0.5) is 4.39 Å². The minimum absolute atomic E-state index is 0.172. The zero-order chi connectivity index (χ0) is 13.1. The van der Waals surface area contributed by atoms with Crippen LogP contribution in [0.2, 0.25) is 5.02 Å². The standard InChI is InChI=1S/C15H21ClFN/c1-10-4-3-5-12(10)9-18-11(2)14-7-6-13(17)8-15(14)16/h6-8,10-12,18H,3-5,9H2,1-2H3. The molecule has 100 valence electrons. The molecule has 0 aliphatic heterocycles. The van der Waals surface area contributed by atoms with Gasteiger partial charge in [0.05, 0.1) is 0 Å². The quantitative estimate of drug-likeness (QED) is 0.845. The minimum Gasteiger partial charge on any atom is -0.310 e. The lowest BCUT2D eigenvalue weighted by atomic mass is 9.97. The molecule has 1 aromatic rings. The summed E-state index contributed by atoms with van der Waals surface area (Å²) in [5, 5.41) is 4.03. The summed E-state index contributed by atoms with van der Waals surface area (Å²) in [5.74, 6) is 1.31. The lowest BCUT2D eigenvalue weighted by molar-refractivity contribution is 0.375. The van der Waals surface area contributed by atoms with Gasteiger partial charge in [-0.15, -0.1) is 0 Å². The Bertz CT molecular complexity index is 407. The van der Waals surface area contributed by atoms with Crippen LogP contribution in [0.3, 0.4) is 0 Å². The Balaban J connectivity index is 1.93. The van der Waals surface area contributed by atoms with Gasteiger partial charge in [0.25, 0.3) is 0 Å². The van der Waals surface area contributed by atoms with Gasteiger partial charge in [-0.1, -0.05) is 37.4 Å². The molecule has 3 atom stereocenters. The van der Waals surface area contributed by atoms with Gasteiger partial charge < -0.3 is 5.32 Å². The van der Waals surface area contributed by atoms with Gasteiger partial charge in [0.15, 0.2) is 0 Å². The first-order valence-corrected chi connectivity index (χ1v) is 7.14. The van der Waals surface area contributed by atoms with Gasteiger partial charge in [0.1, 0.15) is 5.82 Å². The summed E-state index contributed by atoms with van der Waals surface area (Å²) in [5.41, 5.74) is 0.976. The highest BCUT2D eigenvalue weighted by atomic mass is 35.5. The van der Waals surface area contributed by atoms with E-state index in [9.17, 15) is 4.39 Å². The van der Waals surface area contributed by atoms with E-state index in [-0.39, 0.29) is 11.9 Å². The molecule has 0 aromatic heterocycles. The van der Waals surface area contributed by atoms with Crippen molar-refractivity contribution in [2.75, 3.05) is 6.54 Å². The number of rotatable bonds is 4. The van der Waals surface area contributed by atoms with Crippen LogP contribution in [0, 0.1) is 17.7 Å². The predicted octanol–water partition coefficient (Wildman–Crippen LogP) is 4.57. The minimum atomic E-state index is -0.277. The highest BCUT2D eigenvalue weighted by Gasteiger charge is 2.23. The highest BCUT2D eigenvalue weighted by molar-refractivity contribution is 6.31. The first-order valence-electron chi connectivity index (χ1n) is 6.76. The SMILES string of the molecule is CC(NCC1CCCC1C)c1ccc(F)cc1Cl. The topological polar surface area (TPSA) is 12.0 Å². The van der Waals surface area contributed by atoms with Crippen LogP contribution < -0.4 is 5.32 Å². The van der Waals surface area contributed by atoms with E-state index in [0.717, 1.165) is 23.9 Å². The van der Waals surface area contributed by atoms with Crippen molar-refractivity contribution in [3.05, 3.63) is 34.6 Å². The van der Waals surface area contributed by atoms with E-state index in [4.69, 9.17) is 11.6 Å². The van der Waals surface area contributed by atoms with Crippen molar-refractivity contribution in [3.8, 4) is 0 Å². The number of nitrogens with one attached hydrogen (secondary N) is 1. The third-order valence-corrected chi connectivity index (χ3v) is 4.48. The van der Waals surface area contributed by atoms with Gasteiger partial charge in [-0.3, -0.25) is 0 Å². The molecule has 0 heterocycles. The molecule has 18 heavy (non-hydrogen) atoms. The molecule has 0 radical (unpaired) electrons. The molecule has 1 aliphatic carbocycles. The Labute approximate surface area is 114 Å². The maximum absolute atomic E-state index is 13.0. The van der Waals surface area contributed by atoms with Crippen LogP contribution in [0.1, 0.15) is 44.7 Å². The fourth-order valence-electron chi connectivity index (χ4n) is 2.82. The fraction of sp³-hybridized carbons (Fsp3) is 0.600. The summed E-state index contributed by atoms with van der Waals surface area (Å²) in [6.07, 6.45) is 4.01. The molecule has 1 nitrogen and oxygen atoms in total. The third kappa shape index (κ3) is 3.24. The van der Waals surface area contributed by atoms with Gasteiger partial charge in [0, 0.05) is 11.1 Å². The van der Waals surface area contributed by atoms with Crippen LogP contribution in [-0.2, 0) is 0 Å². The average Bonchev–Trinajstić information content (AvgIpc) is 2.72. The summed E-state index contributed by atoms with van der Waals surface area (Å²) in [7, 11) is 0. The van der Waals surface area contributed by atoms with Gasteiger partial charge in [-0.2, -0.15) is 0 Å². The molecule has 0 spiro atoms. The average molecular weight is 270 g/mol. The molecule has 0 amide bonds. The molecule has 0 saturated heterocycles. The Morgan fingerprint density at radius 1 is 1.44 bits per heavy atom. The van der Waals surface area contributed by atoms with E-state index in [0.29, 0.717) is 5.02 Å². The monoisotopic (exact) mass is 269 g/mol. The van der Waals surface area contributed by atoms with Crippen molar-refractivity contribution in [3.63, 3.8) is 0 Å². The van der Waals surface area contributed by atoms with Gasteiger partial charge in [-0.25, -0.2) is 4.39 Å². The Morgan fingerprint density at radius 2 is 2.22 bits per heavy atom. The van der Waals surface area contributed by atoms with Crippen molar-refractivity contribution >= 4 is 11.6 Å². The Kier molecular flexibility index (Phi) is 4.63. The van der Waals surface area contributed by atoms with Crippen LogP contribution in [-0.4, -0.2) is 6.54 Å². The fourth-order valence-corrected chi connectivity index (χ4v) is 3.15. The molecule has 0 bridgehead atoms. The largest absolute Gasteiger partial charge is 0.310 e. The number of halogens is 2. The summed E-state index contributed by atoms with van der Waals surface area (Å²) in [4.78, 5) is 0. The molecule has 1 N–H and O–H groups in total. The highest BCUT2D eigenvalue weighted by Crippen LogP contribution is 2.31. The third-order valence-electron chi connectivity index (χ3n) is 4.15. The Hall–Kier alpha value is -0.600. The van der Waals surface area contributed by atoms with Crippen molar-refractivity contribution in [1.29, 1.82) is 0 Å². The smallest absolute Gasteiger partial charge is 0.124 e. The summed E-state index contributed by atoms with van der Waals surface area (Å²) in [6.45, 7) is 5.43. The molecule has 3 unspecified atom stereocenters. The molecular weight excluding hydrogens is 249 g/mol. The number of hydrogen-bond donors (Lipinski definition) is 1. The maximum Gasteiger partial charge on any atom is 0.124 e. The number of hydrogen-bond acceptors (Lipinski definition) is 1. The van der Waals surface area contributed by atoms with E-state index in [2.05, 4.69) is 19.2 Å². The lowest BCUT2D eigenvalue weighted by Gasteiger charge is -2.21. The van der Waals surface area contributed by atoms with E-state index in [1.807, 2.05) is 0 Å². The summed E-state index contributed by atoms with van der Waals surface area (Å²) in [6, 6.07) is 4.80. The van der Waals surface area contributed by atoms with Crippen molar-refractivity contribution in [2.24, 2.45) is 11.8 Å². The van der Waals surface area contributed by atoms with Gasteiger partial charge >= 0.3 is 0 Å². The van der Waals surface area contributed by atoms with Crippen LogP contribution in [0.15, 0.2) is 18.2 Å². The second-order valence-corrected chi connectivity index (χ2v) is 5.87. The van der Waals surface area contributed by atoms with Gasteiger partial charge in [-0.05, 0) is 49.4 Å². The van der Waals surface area contributed by atoms with Crippen molar-refractivity contribution in [1.82, 2.24) is 5.32 Å². The van der Waals surface area contributed by atoms with E-state index in [1.165, 1.54) is 31.4 Å². The van der Waals surface area contributed by atoms with Crippen LogP contribution in [0.5, 0.6) is 0 Å². The first kappa shape index (κ1) is 13.8. The molecule has 2 rings (SSSR count). The van der Waals surface area contributed by atoms with Crippen molar-refractivity contribution in [2.45, 2.75) is 39.2 Å². The van der Waals surface area contributed by atoms with Crippen LogP contribution >= 0.6 is 11.6 Å². The molecule has 1 saturated carbocycles. The predicted molar refractivity (Wildman–Crippen MR) is 74.3 cm³/mol. The van der Waals surface area contributed by atoms with Gasteiger partial charge in [0.2, 0.25) is 0 Å². The Morgan fingerprint density at radius 3 is 2.83 bits per heavy atom. The zero-order valence-corrected chi connectivity index (χ0v) is 11.8. The van der Waals surface area contributed by atoms with E-state index >= 15 is 0 Å². The second-order valence-electron chi connectivity index (χ2n) is 5.46. The molecule has 3 heteroatoms. The molecular formula is C15H21ClFN. The van der Waals surface area contributed by atoms with Crippen molar-refractivity contribution < 1.29 is 4.39 Å². The summed E-state index contributed by atoms with van der Waals surface area (Å²) < 4.78 is 13.0. The molecule has 1 fully saturated rings. The molecule has 1 aromatic carbocycles. The number of benzene rings is 1. The lowest BCUT2D eigenvalue weighted by Crippen LogP contribution is -2.27. The zero-order valence-electron chi connectivity index (χ0n) is 11.0. The summed E-state index contributed by atoms with van der Waals surface area (Å²) >= 11 is 6.07.